The third-order valence-electron chi connectivity index (χ3n) is 2.64. The van der Waals surface area contributed by atoms with Crippen molar-refractivity contribution >= 4 is 27.5 Å². The number of benzene rings is 2. The molecule has 1 aliphatic rings. The van der Waals surface area contributed by atoms with Crippen molar-refractivity contribution in [2.24, 2.45) is 0 Å². The summed E-state index contributed by atoms with van der Waals surface area (Å²) in [5.41, 5.74) is 0.704. The fraction of sp³-hybridized carbons (Fsp3) is 0. The number of phenols is 1. The van der Waals surface area contributed by atoms with E-state index in [1.54, 1.807) is 24.3 Å². The van der Waals surface area contributed by atoms with Crippen LogP contribution in [0.2, 0.25) is 0 Å². The minimum Gasteiger partial charge on any atom is -0.507 e. The topological polar surface area (TPSA) is 58.6 Å². The van der Waals surface area contributed by atoms with Crippen molar-refractivity contribution in [3.05, 3.63) is 46.4 Å². The number of aromatic hydroxyl groups is 1. The molecular weight excluding hydrogens is 298 g/mol. The molecule has 2 aromatic rings. The molecule has 0 fully saturated rings. The second kappa shape index (κ2) is 4.03. The maximum Gasteiger partial charge on any atom is 0.263 e. The van der Waals surface area contributed by atoms with Gasteiger partial charge < -0.3 is 15.2 Å². The van der Waals surface area contributed by atoms with E-state index in [2.05, 4.69) is 21.2 Å². The van der Waals surface area contributed by atoms with Crippen molar-refractivity contribution in [2.75, 3.05) is 5.32 Å². The first-order valence-corrected chi connectivity index (χ1v) is 6.05. The van der Waals surface area contributed by atoms with Gasteiger partial charge in [-0.1, -0.05) is 22.0 Å². The van der Waals surface area contributed by atoms with Crippen LogP contribution in [0.15, 0.2) is 40.9 Å². The van der Waals surface area contributed by atoms with Gasteiger partial charge >= 0.3 is 0 Å². The molecule has 0 aliphatic carbocycles. The van der Waals surface area contributed by atoms with Crippen molar-refractivity contribution in [3.63, 3.8) is 0 Å². The van der Waals surface area contributed by atoms with Crippen LogP contribution >= 0.6 is 15.9 Å². The highest BCUT2D eigenvalue weighted by atomic mass is 79.9. The minimum atomic E-state index is -0.389. The highest BCUT2D eigenvalue weighted by Crippen LogP contribution is 2.39. The van der Waals surface area contributed by atoms with Gasteiger partial charge in [0.05, 0.1) is 5.69 Å². The molecule has 0 bridgehead atoms. The number of carbonyl (C=O) groups excluding carboxylic acids is 1. The first-order valence-electron chi connectivity index (χ1n) is 5.26. The predicted octanol–water partition coefficient (Wildman–Crippen LogP) is 3.51. The highest BCUT2D eigenvalue weighted by Gasteiger charge is 2.23. The van der Waals surface area contributed by atoms with Crippen LogP contribution in [0.3, 0.4) is 0 Å². The summed E-state index contributed by atoms with van der Waals surface area (Å²) in [4.78, 5) is 12.0. The Kier molecular flexibility index (Phi) is 2.48. The maximum atomic E-state index is 12.0. The summed E-state index contributed by atoms with van der Waals surface area (Å²) in [6, 6.07) is 10.0. The Labute approximate surface area is 111 Å². The molecule has 3 rings (SSSR count). The number of phenolic OH excluding ortho intramolecular Hbond substituents is 1. The Morgan fingerprint density at radius 2 is 2.00 bits per heavy atom. The lowest BCUT2D eigenvalue weighted by molar-refractivity contribution is 0.102. The molecule has 0 aromatic heterocycles. The SMILES string of the molecule is O=C1Nc2cc(Br)ccc2Oc2cccc(O)c21. The first-order chi connectivity index (χ1) is 8.65. The molecule has 4 nitrogen and oxygen atoms in total. The van der Waals surface area contributed by atoms with Crippen molar-refractivity contribution in [3.8, 4) is 17.2 Å². The van der Waals surface area contributed by atoms with E-state index in [1.165, 1.54) is 6.07 Å². The van der Waals surface area contributed by atoms with Gasteiger partial charge in [0, 0.05) is 4.47 Å². The van der Waals surface area contributed by atoms with E-state index in [0.717, 1.165) is 4.47 Å². The summed E-state index contributed by atoms with van der Waals surface area (Å²) in [7, 11) is 0. The molecule has 0 atom stereocenters. The lowest BCUT2D eigenvalue weighted by atomic mass is 10.1. The smallest absolute Gasteiger partial charge is 0.263 e. The van der Waals surface area contributed by atoms with E-state index in [4.69, 9.17) is 4.74 Å². The van der Waals surface area contributed by atoms with Crippen LogP contribution in [0, 0.1) is 0 Å². The summed E-state index contributed by atoms with van der Waals surface area (Å²) in [6.07, 6.45) is 0. The minimum absolute atomic E-state index is 0.100. The number of fused-ring (bicyclic) bond motifs is 2. The lowest BCUT2D eigenvalue weighted by Crippen LogP contribution is -2.10. The monoisotopic (exact) mass is 305 g/mol. The Balaban J connectivity index is 2.19. The number of ether oxygens (including phenoxy) is 1. The van der Waals surface area contributed by atoms with Crippen molar-refractivity contribution < 1.29 is 14.6 Å². The number of rotatable bonds is 0. The molecule has 0 saturated carbocycles. The summed E-state index contributed by atoms with van der Waals surface area (Å²) < 4.78 is 6.48. The molecule has 0 unspecified atom stereocenters. The molecule has 2 aromatic carbocycles. The number of hydrogen-bond acceptors (Lipinski definition) is 3. The fourth-order valence-corrected chi connectivity index (χ4v) is 2.19. The van der Waals surface area contributed by atoms with Crippen LogP contribution in [-0.2, 0) is 0 Å². The van der Waals surface area contributed by atoms with Gasteiger partial charge in [-0.2, -0.15) is 0 Å². The lowest BCUT2D eigenvalue weighted by Gasteiger charge is -2.07. The Morgan fingerprint density at radius 3 is 2.83 bits per heavy atom. The fourth-order valence-electron chi connectivity index (χ4n) is 1.82. The maximum absolute atomic E-state index is 12.0. The van der Waals surface area contributed by atoms with Gasteiger partial charge in [-0.05, 0) is 30.3 Å². The highest BCUT2D eigenvalue weighted by molar-refractivity contribution is 9.10. The van der Waals surface area contributed by atoms with Gasteiger partial charge in [-0.3, -0.25) is 4.79 Å². The average Bonchev–Trinajstić information content (AvgIpc) is 2.45. The number of anilines is 1. The van der Waals surface area contributed by atoms with Crippen LogP contribution in [0.4, 0.5) is 5.69 Å². The average molecular weight is 306 g/mol. The molecule has 90 valence electrons. The molecule has 1 aliphatic heterocycles. The number of carbonyl (C=O) groups is 1. The molecular formula is C13H8BrNO3. The quantitative estimate of drug-likeness (QED) is 0.783. The molecule has 2 N–H and O–H groups in total. The summed E-state index contributed by atoms with van der Waals surface area (Å²) in [5, 5.41) is 12.4. The van der Waals surface area contributed by atoms with Gasteiger partial charge in [0.15, 0.2) is 5.75 Å². The van der Waals surface area contributed by atoms with Gasteiger partial charge in [0.25, 0.3) is 5.91 Å². The summed E-state index contributed by atoms with van der Waals surface area (Å²) in [5.74, 6) is 0.390. The molecule has 1 amide bonds. The second-order valence-corrected chi connectivity index (χ2v) is 4.76. The van der Waals surface area contributed by atoms with Gasteiger partial charge in [0.2, 0.25) is 0 Å². The van der Waals surface area contributed by atoms with E-state index in [-0.39, 0.29) is 17.2 Å². The van der Waals surface area contributed by atoms with Crippen LogP contribution in [-0.4, -0.2) is 11.0 Å². The first kappa shape index (κ1) is 11.1. The van der Waals surface area contributed by atoms with Crippen LogP contribution in [0.5, 0.6) is 17.2 Å². The van der Waals surface area contributed by atoms with Gasteiger partial charge in [-0.25, -0.2) is 0 Å². The molecule has 5 heteroatoms. The number of hydrogen-bond donors (Lipinski definition) is 2. The van der Waals surface area contributed by atoms with Crippen molar-refractivity contribution in [1.82, 2.24) is 0 Å². The zero-order chi connectivity index (χ0) is 12.7. The molecule has 0 spiro atoms. The molecule has 0 radical (unpaired) electrons. The zero-order valence-electron chi connectivity index (χ0n) is 9.11. The second-order valence-electron chi connectivity index (χ2n) is 3.85. The van der Waals surface area contributed by atoms with Crippen LogP contribution < -0.4 is 10.1 Å². The molecule has 0 saturated heterocycles. The number of halogens is 1. The summed E-state index contributed by atoms with van der Waals surface area (Å²) >= 11 is 3.33. The zero-order valence-corrected chi connectivity index (χ0v) is 10.7. The normalized spacial score (nSPS) is 12.8. The number of nitrogens with one attached hydrogen (secondary N) is 1. The van der Waals surface area contributed by atoms with Gasteiger partial charge in [0.1, 0.15) is 17.1 Å². The molecule has 1 heterocycles. The largest absolute Gasteiger partial charge is 0.507 e. The van der Waals surface area contributed by atoms with Gasteiger partial charge in [-0.15, -0.1) is 0 Å². The third-order valence-corrected chi connectivity index (χ3v) is 3.13. The van der Waals surface area contributed by atoms with E-state index >= 15 is 0 Å². The van der Waals surface area contributed by atoms with Crippen LogP contribution in [0.1, 0.15) is 10.4 Å². The Hall–Kier alpha value is -2.01. The Bertz CT molecular complexity index is 655. The standard InChI is InChI=1S/C13H8BrNO3/c14-7-4-5-10-8(6-7)15-13(17)12-9(16)2-1-3-11(12)18-10/h1-6,16H,(H,15,17). The van der Waals surface area contributed by atoms with E-state index in [9.17, 15) is 9.90 Å². The predicted molar refractivity (Wildman–Crippen MR) is 70.3 cm³/mol. The van der Waals surface area contributed by atoms with Crippen molar-refractivity contribution in [1.29, 1.82) is 0 Å². The van der Waals surface area contributed by atoms with Crippen LogP contribution in [0.25, 0.3) is 0 Å². The summed E-state index contributed by atoms with van der Waals surface area (Å²) in [6.45, 7) is 0. The van der Waals surface area contributed by atoms with E-state index < -0.39 is 0 Å². The molecule has 18 heavy (non-hydrogen) atoms. The number of amides is 1. The van der Waals surface area contributed by atoms with E-state index in [0.29, 0.717) is 17.2 Å². The Morgan fingerprint density at radius 1 is 1.17 bits per heavy atom. The van der Waals surface area contributed by atoms with Crippen molar-refractivity contribution in [2.45, 2.75) is 0 Å². The van der Waals surface area contributed by atoms with E-state index in [1.807, 2.05) is 6.07 Å². The third kappa shape index (κ3) is 1.73.